The van der Waals surface area contributed by atoms with Gasteiger partial charge in [-0.1, -0.05) is 13.8 Å². The van der Waals surface area contributed by atoms with Gasteiger partial charge in [-0.15, -0.1) is 12.4 Å². The van der Waals surface area contributed by atoms with E-state index in [4.69, 9.17) is 5.73 Å². The molecule has 5 rings (SSSR count). The van der Waals surface area contributed by atoms with Crippen molar-refractivity contribution in [2.24, 2.45) is 40.7 Å². The molecule has 4 aliphatic carbocycles. The van der Waals surface area contributed by atoms with Gasteiger partial charge in [0.05, 0.1) is 0 Å². The number of carbonyl (C=O) groups is 2. The van der Waals surface area contributed by atoms with Gasteiger partial charge in [-0.25, -0.2) is 0 Å². The second-order valence-electron chi connectivity index (χ2n) is 10.9. The van der Waals surface area contributed by atoms with E-state index < -0.39 is 6.04 Å². The number of carbonyl (C=O) groups excluding carboxylic acids is 2. The molecule has 3 N–H and O–H groups in total. The standard InChI is InChI=1S/C23H39N3O2.ClH/c1-14(2)20(21(27)26-6-4-19(5-7-26)15(3)24)25-22(28)23-11-16-8-17(12-23)10-18(9-16)13-23;/h14-20H,4-13,24H2,1-3H3,(H,25,28);1H. The Morgan fingerprint density at radius 2 is 1.45 bits per heavy atom. The predicted molar refractivity (Wildman–Crippen MR) is 118 cm³/mol. The highest BCUT2D eigenvalue weighted by Gasteiger charge is 2.55. The van der Waals surface area contributed by atoms with Crippen LogP contribution in [0, 0.1) is 35.0 Å². The minimum Gasteiger partial charge on any atom is -0.344 e. The van der Waals surface area contributed by atoms with Crippen LogP contribution in [0.15, 0.2) is 0 Å². The summed E-state index contributed by atoms with van der Waals surface area (Å²) in [6.07, 6.45) is 9.06. The van der Waals surface area contributed by atoms with E-state index in [2.05, 4.69) is 26.1 Å². The Balaban J connectivity index is 0.00000240. The quantitative estimate of drug-likeness (QED) is 0.709. The van der Waals surface area contributed by atoms with Crippen LogP contribution >= 0.6 is 12.4 Å². The molecule has 2 amide bonds. The van der Waals surface area contributed by atoms with Crippen molar-refractivity contribution in [1.82, 2.24) is 10.2 Å². The third-order valence-corrected chi connectivity index (χ3v) is 8.33. The van der Waals surface area contributed by atoms with Crippen molar-refractivity contribution in [1.29, 1.82) is 0 Å². The number of likely N-dealkylation sites (tertiary alicyclic amines) is 1. The summed E-state index contributed by atoms with van der Waals surface area (Å²) in [5.74, 6) is 3.10. The zero-order valence-corrected chi connectivity index (χ0v) is 19.2. The van der Waals surface area contributed by atoms with Gasteiger partial charge in [-0.05, 0) is 87.9 Å². The maximum atomic E-state index is 13.4. The van der Waals surface area contributed by atoms with E-state index >= 15 is 0 Å². The molecule has 0 aromatic rings. The minimum absolute atomic E-state index is 0. The molecule has 5 aliphatic rings. The van der Waals surface area contributed by atoms with Crippen LogP contribution in [0.2, 0.25) is 0 Å². The Labute approximate surface area is 182 Å². The highest BCUT2D eigenvalue weighted by molar-refractivity contribution is 5.90. The van der Waals surface area contributed by atoms with E-state index in [1.54, 1.807) is 0 Å². The lowest BCUT2D eigenvalue weighted by Crippen LogP contribution is -2.59. The van der Waals surface area contributed by atoms with Crippen molar-refractivity contribution < 1.29 is 9.59 Å². The van der Waals surface area contributed by atoms with E-state index in [1.165, 1.54) is 19.3 Å². The van der Waals surface area contributed by atoms with Crippen molar-refractivity contribution in [2.75, 3.05) is 13.1 Å². The Hall–Kier alpha value is -0.810. The SMILES string of the molecule is CC(C)C(NC(=O)C12CC3CC(CC(C3)C1)C2)C(=O)N1CCC(C(C)N)CC1.Cl. The van der Waals surface area contributed by atoms with Gasteiger partial charge in [0.1, 0.15) is 6.04 Å². The van der Waals surface area contributed by atoms with E-state index in [1.807, 2.05) is 4.90 Å². The molecule has 1 aliphatic heterocycles. The number of hydrogen-bond donors (Lipinski definition) is 2. The predicted octanol–water partition coefficient (Wildman–Crippen LogP) is 3.35. The molecule has 0 aromatic heterocycles. The number of amides is 2. The topological polar surface area (TPSA) is 75.4 Å². The number of rotatable bonds is 5. The van der Waals surface area contributed by atoms with Gasteiger partial charge in [-0.3, -0.25) is 9.59 Å². The summed E-state index contributed by atoms with van der Waals surface area (Å²) in [4.78, 5) is 28.7. The van der Waals surface area contributed by atoms with E-state index in [0.717, 1.165) is 62.9 Å². The minimum atomic E-state index is -0.396. The highest BCUT2D eigenvalue weighted by Crippen LogP contribution is 2.60. The summed E-state index contributed by atoms with van der Waals surface area (Å²) in [5.41, 5.74) is 5.86. The highest BCUT2D eigenvalue weighted by atomic mass is 35.5. The smallest absolute Gasteiger partial charge is 0.245 e. The van der Waals surface area contributed by atoms with Gasteiger partial charge in [0.25, 0.3) is 0 Å². The van der Waals surface area contributed by atoms with Crippen LogP contribution in [0.1, 0.15) is 72.1 Å². The van der Waals surface area contributed by atoms with Crippen LogP contribution in [0.25, 0.3) is 0 Å². The van der Waals surface area contributed by atoms with Gasteiger partial charge >= 0.3 is 0 Å². The largest absolute Gasteiger partial charge is 0.344 e. The zero-order valence-electron chi connectivity index (χ0n) is 18.4. The van der Waals surface area contributed by atoms with Crippen LogP contribution in [0.3, 0.4) is 0 Å². The first-order chi connectivity index (χ1) is 13.3. The Morgan fingerprint density at radius 1 is 0.966 bits per heavy atom. The lowest BCUT2D eigenvalue weighted by Gasteiger charge is -2.56. The molecule has 1 saturated heterocycles. The average molecular weight is 426 g/mol. The number of halogens is 1. The Bertz CT molecular complexity index is 578. The van der Waals surface area contributed by atoms with Crippen molar-refractivity contribution in [3.05, 3.63) is 0 Å². The number of piperidine rings is 1. The number of hydrogen-bond acceptors (Lipinski definition) is 3. The monoisotopic (exact) mass is 425 g/mol. The fourth-order valence-electron chi connectivity index (χ4n) is 7.04. The van der Waals surface area contributed by atoms with Gasteiger partial charge in [0.15, 0.2) is 0 Å². The summed E-state index contributed by atoms with van der Waals surface area (Å²) >= 11 is 0. The molecule has 4 bridgehead atoms. The maximum Gasteiger partial charge on any atom is 0.245 e. The first-order valence-electron chi connectivity index (χ1n) is 11.6. The average Bonchev–Trinajstić information content (AvgIpc) is 2.64. The molecule has 0 aromatic carbocycles. The van der Waals surface area contributed by atoms with Crippen molar-refractivity contribution >= 4 is 24.2 Å². The summed E-state index contributed by atoms with van der Waals surface area (Å²) in [6, 6.07) is -0.207. The lowest BCUT2D eigenvalue weighted by atomic mass is 9.49. The molecule has 5 fully saturated rings. The van der Waals surface area contributed by atoms with Crippen LogP contribution in [0.5, 0.6) is 0 Å². The maximum absolute atomic E-state index is 13.4. The zero-order chi connectivity index (χ0) is 20.1. The molecule has 2 atom stereocenters. The molecule has 4 saturated carbocycles. The number of nitrogens with two attached hydrogens (primary N) is 1. The molecule has 2 unspecified atom stereocenters. The van der Waals surface area contributed by atoms with E-state index in [9.17, 15) is 9.59 Å². The molecule has 5 nitrogen and oxygen atoms in total. The molecule has 166 valence electrons. The summed E-state index contributed by atoms with van der Waals surface area (Å²) in [7, 11) is 0. The van der Waals surface area contributed by atoms with E-state index in [-0.39, 0.29) is 41.6 Å². The second-order valence-corrected chi connectivity index (χ2v) is 10.9. The lowest BCUT2D eigenvalue weighted by molar-refractivity contribution is -0.151. The van der Waals surface area contributed by atoms with Gasteiger partial charge in [-0.2, -0.15) is 0 Å². The van der Waals surface area contributed by atoms with Crippen LogP contribution in [0.4, 0.5) is 0 Å². The molecule has 29 heavy (non-hydrogen) atoms. The van der Waals surface area contributed by atoms with Crippen molar-refractivity contribution in [3.8, 4) is 0 Å². The van der Waals surface area contributed by atoms with Crippen LogP contribution in [-0.4, -0.2) is 41.9 Å². The van der Waals surface area contributed by atoms with Crippen molar-refractivity contribution in [3.63, 3.8) is 0 Å². The van der Waals surface area contributed by atoms with Crippen LogP contribution < -0.4 is 11.1 Å². The first-order valence-corrected chi connectivity index (χ1v) is 11.6. The van der Waals surface area contributed by atoms with Crippen molar-refractivity contribution in [2.45, 2.75) is 84.2 Å². The molecule has 0 radical (unpaired) electrons. The van der Waals surface area contributed by atoms with Gasteiger partial charge in [0.2, 0.25) is 11.8 Å². The summed E-state index contributed by atoms with van der Waals surface area (Å²) < 4.78 is 0. The Morgan fingerprint density at radius 3 is 1.86 bits per heavy atom. The summed E-state index contributed by atoms with van der Waals surface area (Å²) in [6.45, 7) is 7.70. The molecule has 1 heterocycles. The Kier molecular flexibility index (Phi) is 6.89. The number of nitrogens with zero attached hydrogens (tertiary/aromatic N) is 1. The number of nitrogens with one attached hydrogen (secondary N) is 1. The second kappa shape index (κ2) is 8.74. The molecular formula is C23H40ClN3O2. The summed E-state index contributed by atoms with van der Waals surface area (Å²) in [5, 5.41) is 3.25. The molecular weight excluding hydrogens is 386 g/mol. The fourth-order valence-corrected chi connectivity index (χ4v) is 7.04. The fraction of sp³-hybridized carbons (Fsp3) is 0.913. The third kappa shape index (κ3) is 4.46. The van der Waals surface area contributed by atoms with Gasteiger partial charge < -0.3 is 16.0 Å². The van der Waals surface area contributed by atoms with E-state index in [0.29, 0.717) is 5.92 Å². The van der Waals surface area contributed by atoms with Crippen LogP contribution in [-0.2, 0) is 9.59 Å². The van der Waals surface area contributed by atoms with Gasteiger partial charge in [0, 0.05) is 24.5 Å². The normalized spacial score (nSPS) is 35.9. The third-order valence-electron chi connectivity index (χ3n) is 8.33. The first kappa shape index (κ1) is 22.9. The molecule has 6 heteroatoms. The molecule has 0 spiro atoms.